The molecular weight excluding hydrogens is 272 g/mol. The summed E-state index contributed by atoms with van der Waals surface area (Å²) < 4.78 is 1.20. The Morgan fingerprint density at radius 3 is 2.67 bits per heavy atom. The third-order valence-corrected chi connectivity index (χ3v) is 2.75. The largest absolute Gasteiger partial charge is 0.398 e. The number of carbonyl (C=O) groups excluding carboxylic acids is 2. The molecule has 0 radical (unpaired) electrons. The Kier molecular flexibility index (Phi) is 4.03. The number of rotatable bonds is 4. The molecule has 0 atom stereocenters. The van der Waals surface area contributed by atoms with Crippen LogP contribution in [0.1, 0.15) is 10.4 Å². The van der Waals surface area contributed by atoms with E-state index >= 15 is 0 Å². The molecule has 2 rings (SSSR count). The number of nitrogens with two attached hydrogens (primary N) is 2. The highest BCUT2D eigenvalue weighted by atomic mass is 16.2. The van der Waals surface area contributed by atoms with E-state index < -0.39 is 11.8 Å². The fourth-order valence-corrected chi connectivity index (χ4v) is 1.78. The standard InChI is InChI=1S/C14H14N4O3/c15-10-4-5-13(20)18(7-10)8-12(19)17-11-3-1-2-9(6-11)14(16)21/h1-7H,8,15H2,(H2,16,21)(H,17,19). The van der Waals surface area contributed by atoms with Crippen molar-refractivity contribution in [3.05, 3.63) is 58.5 Å². The predicted octanol–water partition coefficient (Wildman–Crippen LogP) is 0.168. The molecule has 0 saturated carbocycles. The summed E-state index contributed by atoms with van der Waals surface area (Å²) in [5, 5.41) is 2.59. The number of carbonyl (C=O) groups is 2. The number of hydrogen-bond donors (Lipinski definition) is 3. The first-order chi connectivity index (χ1) is 9.95. The lowest BCUT2D eigenvalue weighted by Gasteiger charge is -2.08. The lowest BCUT2D eigenvalue weighted by molar-refractivity contribution is -0.116. The fraction of sp³-hybridized carbons (Fsp3) is 0.0714. The molecule has 1 heterocycles. The van der Waals surface area contributed by atoms with Crippen molar-refractivity contribution in [1.82, 2.24) is 4.57 Å². The van der Waals surface area contributed by atoms with Gasteiger partial charge in [0.15, 0.2) is 0 Å². The van der Waals surface area contributed by atoms with E-state index in [1.54, 1.807) is 18.2 Å². The quantitative estimate of drug-likeness (QED) is 0.741. The van der Waals surface area contributed by atoms with E-state index in [2.05, 4.69) is 5.32 Å². The molecular formula is C14H14N4O3. The number of anilines is 2. The average Bonchev–Trinajstić information content (AvgIpc) is 2.43. The normalized spacial score (nSPS) is 10.1. The van der Waals surface area contributed by atoms with Crippen LogP contribution in [-0.4, -0.2) is 16.4 Å². The predicted molar refractivity (Wildman–Crippen MR) is 78.7 cm³/mol. The number of hydrogen-bond acceptors (Lipinski definition) is 4. The molecule has 0 spiro atoms. The van der Waals surface area contributed by atoms with Gasteiger partial charge in [-0.1, -0.05) is 6.07 Å². The first kappa shape index (κ1) is 14.3. The van der Waals surface area contributed by atoms with E-state index in [1.165, 1.54) is 29.0 Å². The molecule has 0 saturated heterocycles. The lowest BCUT2D eigenvalue weighted by atomic mass is 10.2. The van der Waals surface area contributed by atoms with Gasteiger partial charge < -0.3 is 21.4 Å². The Morgan fingerprint density at radius 2 is 1.95 bits per heavy atom. The number of nitrogen functional groups attached to an aromatic ring is 1. The topological polar surface area (TPSA) is 120 Å². The maximum absolute atomic E-state index is 11.9. The van der Waals surface area contributed by atoms with Crippen LogP contribution < -0.4 is 22.3 Å². The van der Waals surface area contributed by atoms with Gasteiger partial charge in [-0.3, -0.25) is 14.4 Å². The smallest absolute Gasteiger partial charge is 0.251 e. The lowest BCUT2D eigenvalue weighted by Crippen LogP contribution is -2.27. The van der Waals surface area contributed by atoms with E-state index in [-0.39, 0.29) is 17.7 Å². The van der Waals surface area contributed by atoms with E-state index in [0.717, 1.165) is 0 Å². The van der Waals surface area contributed by atoms with E-state index in [9.17, 15) is 14.4 Å². The van der Waals surface area contributed by atoms with E-state index in [1.807, 2.05) is 0 Å². The number of aromatic nitrogens is 1. The molecule has 108 valence electrons. The summed E-state index contributed by atoms with van der Waals surface area (Å²) in [5.41, 5.74) is 11.5. The van der Waals surface area contributed by atoms with Crippen LogP contribution in [0, 0.1) is 0 Å². The molecule has 7 heteroatoms. The van der Waals surface area contributed by atoms with Crippen molar-refractivity contribution in [2.24, 2.45) is 5.73 Å². The summed E-state index contributed by atoms with van der Waals surface area (Å²) in [6.45, 7) is -0.176. The third-order valence-electron chi connectivity index (χ3n) is 2.75. The van der Waals surface area contributed by atoms with Crippen LogP contribution in [0.15, 0.2) is 47.4 Å². The van der Waals surface area contributed by atoms with Crippen molar-refractivity contribution >= 4 is 23.2 Å². The van der Waals surface area contributed by atoms with Crippen LogP contribution in [0.25, 0.3) is 0 Å². The second kappa shape index (κ2) is 5.91. The second-order valence-electron chi connectivity index (χ2n) is 4.42. The number of amides is 2. The van der Waals surface area contributed by atoms with Gasteiger partial charge >= 0.3 is 0 Å². The molecule has 5 N–H and O–H groups in total. The van der Waals surface area contributed by atoms with Gasteiger partial charge in [0.2, 0.25) is 11.8 Å². The van der Waals surface area contributed by atoms with Crippen LogP contribution >= 0.6 is 0 Å². The number of nitrogens with one attached hydrogen (secondary N) is 1. The van der Waals surface area contributed by atoms with Crippen LogP contribution in [0.5, 0.6) is 0 Å². The van der Waals surface area contributed by atoms with Gasteiger partial charge in [-0.05, 0) is 24.3 Å². The highest BCUT2D eigenvalue weighted by Crippen LogP contribution is 2.10. The Labute approximate surface area is 120 Å². The molecule has 7 nitrogen and oxygen atoms in total. The molecule has 2 aromatic rings. The molecule has 0 bridgehead atoms. The van der Waals surface area contributed by atoms with Gasteiger partial charge in [0.1, 0.15) is 6.54 Å². The van der Waals surface area contributed by atoms with Gasteiger partial charge in [0, 0.05) is 29.2 Å². The van der Waals surface area contributed by atoms with Crippen molar-refractivity contribution in [3.8, 4) is 0 Å². The fourth-order valence-electron chi connectivity index (χ4n) is 1.78. The second-order valence-corrected chi connectivity index (χ2v) is 4.42. The maximum Gasteiger partial charge on any atom is 0.251 e. The molecule has 1 aromatic heterocycles. The summed E-state index contributed by atoms with van der Waals surface area (Å²) in [7, 11) is 0. The van der Waals surface area contributed by atoms with Crippen molar-refractivity contribution in [1.29, 1.82) is 0 Å². The zero-order valence-corrected chi connectivity index (χ0v) is 11.1. The first-order valence-electron chi connectivity index (χ1n) is 6.11. The summed E-state index contributed by atoms with van der Waals surface area (Å²) in [6, 6.07) is 8.97. The van der Waals surface area contributed by atoms with Crippen molar-refractivity contribution < 1.29 is 9.59 Å². The SMILES string of the molecule is NC(=O)c1cccc(NC(=O)Cn2cc(N)ccc2=O)c1. The summed E-state index contributed by atoms with van der Waals surface area (Å²) in [5.74, 6) is -0.998. The molecule has 2 amide bonds. The minimum Gasteiger partial charge on any atom is -0.398 e. The first-order valence-corrected chi connectivity index (χ1v) is 6.11. The number of pyridine rings is 1. The van der Waals surface area contributed by atoms with E-state index in [0.29, 0.717) is 11.4 Å². The van der Waals surface area contributed by atoms with Gasteiger partial charge in [0.25, 0.3) is 5.56 Å². The zero-order valence-electron chi connectivity index (χ0n) is 11.1. The highest BCUT2D eigenvalue weighted by molar-refractivity contribution is 5.96. The number of benzene rings is 1. The molecule has 0 aliphatic heterocycles. The summed E-state index contributed by atoms with van der Waals surface area (Å²) in [4.78, 5) is 34.5. The van der Waals surface area contributed by atoms with Gasteiger partial charge in [-0.25, -0.2) is 0 Å². The average molecular weight is 286 g/mol. The van der Waals surface area contributed by atoms with Gasteiger partial charge in [-0.2, -0.15) is 0 Å². The molecule has 0 aliphatic rings. The van der Waals surface area contributed by atoms with Crippen LogP contribution in [0.2, 0.25) is 0 Å². The van der Waals surface area contributed by atoms with Gasteiger partial charge in [-0.15, -0.1) is 0 Å². The Morgan fingerprint density at radius 1 is 1.19 bits per heavy atom. The van der Waals surface area contributed by atoms with E-state index in [4.69, 9.17) is 11.5 Å². The monoisotopic (exact) mass is 286 g/mol. The van der Waals surface area contributed by atoms with Crippen LogP contribution in [0.4, 0.5) is 11.4 Å². The summed E-state index contributed by atoms with van der Waals surface area (Å²) >= 11 is 0. The molecule has 0 aliphatic carbocycles. The zero-order chi connectivity index (χ0) is 15.4. The molecule has 1 aromatic carbocycles. The minimum atomic E-state index is -0.585. The highest BCUT2D eigenvalue weighted by Gasteiger charge is 2.07. The Bertz CT molecular complexity index is 752. The van der Waals surface area contributed by atoms with Crippen LogP contribution in [-0.2, 0) is 11.3 Å². The van der Waals surface area contributed by atoms with Crippen molar-refractivity contribution in [2.75, 3.05) is 11.1 Å². The molecule has 21 heavy (non-hydrogen) atoms. The molecule has 0 fully saturated rings. The Hall–Kier alpha value is -3.09. The molecule has 0 unspecified atom stereocenters. The Balaban J connectivity index is 2.11. The summed E-state index contributed by atoms with van der Waals surface area (Å²) in [6.07, 6.45) is 1.39. The van der Waals surface area contributed by atoms with Crippen LogP contribution in [0.3, 0.4) is 0 Å². The van der Waals surface area contributed by atoms with Crippen molar-refractivity contribution in [3.63, 3.8) is 0 Å². The number of primary amides is 1. The van der Waals surface area contributed by atoms with Crippen molar-refractivity contribution in [2.45, 2.75) is 6.54 Å². The maximum atomic E-state index is 11.9. The third kappa shape index (κ3) is 3.69. The minimum absolute atomic E-state index is 0.176. The number of nitrogens with zero attached hydrogens (tertiary/aromatic N) is 1. The van der Waals surface area contributed by atoms with Gasteiger partial charge in [0.05, 0.1) is 0 Å².